The van der Waals surface area contributed by atoms with Gasteiger partial charge in [0.1, 0.15) is 6.61 Å². The van der Waals surface area contributed by atoms with Gasteiger partial charge in [-0.25, -0.2) is 0 Å². The predicted molar refractivity (Wildman–Crippen MR) is 70.3 cm³/mol. The van der Waals surface area contributed by atoms with Gasteiger partial charge < -0.3 is 15.8 Å². The zero-order chi connectivity index (χ0) is 15.2. The van der Waals surface area contributed by atoms with Crippen LogP contribution in [0, 0.1) is 6.92 Å². The van der Waals surface area contributed by atoms with Crippen LogP contribution in [0.2, 0.25) is 0 Å². The number of amides is 1. The highest BCUT2D eigenvalue weighted by Crippen LogP contribution is 2.18. The van der Waals surface area contributed by atoms with Crippen molar-refractivity contribution in [2.24, 2.45) is 0 Å². The van der Waals surface area contributed by atoms with Gasteiger partial charge in [0.15, 0.2) is 0 Å². The number of nitrogens with two attached hydrogens (primary N) is 1. The zero-order valence-electron chi connectivity index (χ0n) is 11.1. The summed E-state index contributed by atoms with van der Waals surface area (Å²) in [6, 6.07) is 5.07. The third-order valence-electron chi connectivity index (χ3n) is 2.48. The molecule has 0 aliphatic carbocycles. The van der Waals surface area contributed by atoms with Crippen molar-refractivity contribution in [1.29, 1.82) is 0 Å². The van der Waals surface area contributed by atoms with Crippen molar-refractivity contribution in [2.75, 3.05) is 24.3 Å². The number of carbonyl (C=O) groups is 1. The summed E-state index contributed by atoms with van der Waals surface area (Å²) < 4.78 is 39.8. The number of ether oxygens (including phenoxy) is 1. The Morgan fingerprint density at radius 2 is 2.10 bits per heavy atom. The third kappa shape index (κ3) is 6.42. The summed E-state index contributed by atoms with van der Waals surface area (Å²) in [5.74, 6) is -0.270. The number of carbonyl (C=O) groups excluding carboxylic acids is 1. The second-order valence-corrected chi connectivity index (χ2v) is 4.39. The quantitative estimate of drug-likeness (QED) is 0.625. The normalized spacial score (nSPS) is 11.4. The van der Waals surface area contributed by atoms with Crippen LogP contribution < -0.4 is 11.1 Å². The molecule has 0 fully saturated rings. The van der Waals surface area contributed by atoms with Gasteiger partial charge in [-0.2, -0.15) is 13.2 Å². The monoisotopic (exact) mass is 290 g/mol. The lowest BCUT2D eigenvalue weighted by atomic mass is 10.1. The molecule has 3 N–H and O–H groups in total. The lowest BCUT2D eigenvalue weighted by Gasteiger charge is -2.10. The lowest BCUT2D eigenvalue weighted by Crippen LogP contribution is -2.18. The Labute approximate surface area is 115 Å². The molecule has 7 heteroatoms. The van der Waals surface area contributed by atoms with Gasteiger partial charge in [0, 0.05) is 24.4 Å². The molecule has 1 amide bonds. The van der Waals surface area contributed by atoms with Gasteiger partial charge in [-0.15, -0.1) is 0 Å². The summed E-state index contributed by atoms with van der Waals surface area (Å²) in [5.41, 5.74) is 7.65. The average molecular weight is 290 g/mol. The van der Waals surface area contributed by atoms with Crippen LogP contribution in [0.25, 0.3) is 0 Å². The molecule has 0 spiro atoms. The molecule has 1 aromatic rings. The van der Waals surface area contributed by atoms with E-state index in [2.05, 4.69) is 10.1 Å². The van der Waals surface area contributed by atoms with Gasteiger partial charge in [-0.05, 0) is 37.1 Å². The van der Waals surface area contributed by atoms with Gasteiger partial charge in [-0.3, -0.25) is 4.79 Å². The first-order valence-corrected chi connectivity index (χ1v) is 6.08. The first-order chi connectivity index (χ1) is 9.28. The van der Waals surface area contributed by atoms with Gasteiger partial charge in [0.25, 0.3) is 0 Å². The molecule has 112 valence electrons. The number of rotatable bonds is 6. The van der Waals surface area contributed by atoms with E-state index < -0.39 is 12.8 Å². The van der Waals surface area contributed by atoms with E-state index in [1.165, 1.54) is 0 Å². The number of hydrogen-bond acceptors (Lipinski definition) is 3. The zero-order valence-corrected chi connectivity index (χ0v) is 11.1. The molecule has 1 rings (SSSR count). The predicted octanol–water partition coefficient (Wildman–Crippen LogP) is 2.87. The molecular weight excluding hydrogens is 273 g/mol. The van der Waals surface area contributed by atoms with Crippen LogP contribution in [-0.4, -0.2) is 25.3 Å². The maximum absolute atomic E-state index is 11.8. The van der Waals surface area contributed by atoms with Crippen molar-refractivity contribution < 1.29 is 22.7 Å². The summed E-state index contributed by atoms with van der Waals surface area (Å²) in [7, 11) is 0. The standard InChI is InChI=1S/C13H17F3N2O2/c1-9-7-10(17)4-5-11(9)18-12(19)3-2-6-20-8-13(14,15)16/h4-5,7H,2-3,6,8,17H2,1H3,(H,18,19). The van der Waals surface area contributed by atoms with Crippen molar-refractivity contribution in [2.45, 2.75) is 25.9 Å². The molecule has 0 radical (unpaired) electrons. The minimum absolute atomic E-state index is 0.0989. The Balaban J connectivity index is 2.27. The highest BCUT2D eigenvalue weighted by atomic mass is 19.4. The Hall–Kier alpha value is -1.76. The first-order valence-electron chi connectivity index (χ1n) is 6.08. The molecule has 20 heavy (non-hydrogen) atoms. The number of aryl methyl sites for hydroxylation is 1. The Kier molecular flexibility index (Phi) is 5.82. The molecule has 0 heterocycles. The smallest absolute Gasteiger partial charge is 0.399 e. The Morgan fingerprint density at radius 1 is 1.40 bits per heavy atom. The topological polar surface area (TPSA) is 64.3 Å². The molecule has 0 aliphatic rings. The molecule has 0 saturated carbocycles. The minimum Gasteiger partial charge on any atom is -0.399 e. The maximum Gasteiger partial charge on any atom is 0.411 e. The fourth-order valence-electron chi connectivity index (χ4n) is 1.56. The number of anilines is 2. The molecule has 0 bridgehead atoms. The molecule has 0 atom stereocenters. The second-order valence-electron chi connectivity index (χ2n) is 4.39. The summed E-state index contributed by atoms with van der Waals surface area (Å²) in [6.45, 7) is 0.414. The SMILES string of the molecule is Cc1cc(N)ccc1NC(=O)CCCOCC(F)(F)F. The lowest BCUT2D eigenvalue weighted by molar-refractivity contribution is -0.174. The largest absolute Gasteiger partial charge is 0.411 e. The number of nitrogen functional groups attached to an aromatic ring is 1. The third-order valence-corrected chi connectivity index (χ3v) is 2.48. The van der Waals surface area contributed by atoms with E-state index in [4.69, 9.17) is 5.73 Å². The van der Waals surface area contributed by atoms with Gasteiger partial charge in [0.2, 0.25) is 5.91 Å². The number of hydrogen-bond donors (Lipinski definition) is 2. The van der Waals surface area contributed by atoms with E-state index in [1.54, 1.807) is 25.1 Å². The van der Waals surface area contributed by atoms with E-state index >= 15 is 0 Å². The first kappa shape index (κ1) is 16.3. The summed E-state index contributed by atoms with van der Waals surface area (Å²) >= 11 is 0. The maximum atomic E-state index is 11.8. The highest BCUT2D eigenvalue weighted by molar-refractivity contribution is 5.91. The molecule has 0 unspecified atom stereocenters. The van der Waals surface area contributed by atoms with Gasteiger partial charge in [0.05, 0.1) is 0 Å². The van der Waals surface area contributed by atoms with Crippen LogP contribution in [0.4, 0.5) is 24.5 Å². The van der Waals surface area contributed by atoms with Gasteiger partial charge in [-0.1, -0.05) is 0 Å². The van der Waals surface area contributed by atoms with E-state index in [1.807, 2.05) is 0 Å². The number of benzene rings is 1. The number of halogens is 3. The van der Waals surface area contributed by atoms with Gasteiger partial charge >= 0.3 is 6.18 Å². The van der Waals surface area contributed by atoms with E-state index in [9.17, 15) is 18.0 Å². The highest BCUT2D eigenvalue weighted by Gasteiger charge is 2.27. The molecular formula is C13H17F3N2O2. The van der Waals surface area contributed by atoms with Crippen LogP contribution in [0.15, 0.2) is 18.2 Å². The molecule has 0 saturated heterocycles. The van der Waals surface area contributed by atoms with Crippen LogP contribution in [0.1, 0.15) is 18.4 Å². The molecule has 4 nitrogen and oxygen atoms in total. The van der Waals surface area contributed by atoms with E-state index in [0.717, 1.165) is 5.56 Å². The van der Waals surface area contributed by atoms with Crippen LogP contribution in [0.3, 0.4) is 0 Å². The van der Waals surface area contributed by atoms with Crippen LogP contribution in [0.5, 0.6) is 0 Å². The van der Waals surface area contributed by atoms with Crippen molar-refractivity contribution >= 4 is 17.3 Å². The van der Waals surface area contributed by atoms with Crippen LogP contribution in [-0.2, 0) is 9.53 Å². The molecule has 0 aromatic heterocycles. The van der Waals surface area contributed by atoms with Crippen molar-refractivity contribution in [3.05, 3.63) is 23.8 Å². The molecule has 0 aliphatic heterocycles. The van der Waals surface area contributed by atoms with Crippen molar-refractivity contribution in [3.8, 4) is 0 Å². The number of alkyl halides is 3. The molecule has 1 aromatic carbocycles. The number of nitrogens with one attached hydrogen (secondary N) is 1. The summed E-state index contributed by atoms with van der Waals surface area (Å²) in [6.07, 6.45) is -4.00. The van der Waals surface area contributed by atoms with Crippen LogP contribution >= 0.6 is 0 Å². The minimum atomic E-state index is -4.33. The van der Waals surface area contributed by atoms with E-state index in [0.29, 0.717) is 11.4 Å². The average Bonchev–Trinajstić information content (AvgIpc) is 2.31. The van der Waals surface area contributed by atoms with E-state index in [-0.39, 0.29) is 25.4 Å². The summed E-state index contributed by atoms with van der Waals surface area (Å²) in [4.78, 5) is 11.6. The van der Waals surface area contributed by atoms with Crippen molar-refractivity contribution in [1.82, 2.24) is 0 Å². The fraction of sp³-hybridized carbons (Fsp3) is 0.462. The van der Waals surface area contributed by atoms with Crippen molar-refractivity contribution in [3.63, 3.8) is 0 Å². The second kappa shape index (κ2) is 7.14. The Bertz CT molecular complexity index is 461. The summed E-state index contributed by atoms with van der Waals surface area (Å²) in [5, 5.41) is 2.67. The Morgan fingerprint density at radius 3 is 2.70 bits per heavy atom. The fourth-order valence-corrected chi connectivity index (χ4v) is 1.56.